The number of aromatic nitrogens is 2. The lowest BCUT2D eigenvalue weighted by atomic mass is 10.1. The Hall–Kier alpha value is -3.37. The molecule has 0 saturated carbocycles. The van der Waals surface area contributed by atoms with Gasteiger partial charge in [-0.2, -0.15) is 5.10 Å². The lowest BCUT2D eigenvalue weighted by Gasteiger charge is -2.09. The molecule has 0 aliphatic rings. The zero-order chi connectivity index (χ0) is 24.1. The molecule has 8 nitrogen and oxygen atoms in total. The Kier molecular flexibility index (Phi) is 7.18. The van der Waals surface area contributed by atoms with E-state index in [0.717, 1.165) is 16.9 Å². The minimum atomic E-state index is -3.93. The van der Waals surface area contributed by atoms with E-state index in [4.69, 9.17) is 23.2 Å². The van der Waals surface area contributed by atoms with Crippen molar-refractivity contribution in [1.82, 2.24) is 20.0 Å². The highest BCUT2D eigenvalue weighted by Gasteiger charge is 2.16. The minimum absolute atomic E-state index is 0.0125. The number of nitrogens with one attached hydrogen (secondary N) is 2. The van der Waals surface area contributed by atoms with Gasteiger partial charge in [0, 0.05) is 15.6 Å². The molecule has 0 amide bonds. The molecule has 0 unspecified atom stereocenters. The first-order chi connectivity index (χ1) is 16.4. The number of sulfonamides is 1. The summed E-state index contributed by atoms with van der Waals surface area (Å²) in [6, 6.07) is 24.1. The number of rotatable bonds is 6. The van der Waals surface area contributed by atoms with Crippen molar-refractivity contribution in [3.8, 4) is 16.9 Å². The second-order valence-corrected chi connectivity index (χ2v) is 9.67. The Balaban J connectivity index is 1.64. The average molecular weight is 516 g/mol. The molecule has 0 fully saturated rings. The quantitative estimate of drug-likeness (QED) is 0.196. The average Bonchev–Trinajstić information content (AvgIpc) is 3.27. The molecule has 4 rings (SSSR count). The number of hydrogen-bond acceptors (Lipinski definition) is 5. The number of benzene rings is 3. The van der Waals surface area contributed by atoms with E-state index in [1.165, 1.54) is 12.1 Å². The standard InChI is InChI=1S/C23H19Cl2N5O3S/c24-17-8-6-16(7-9-17)22-14-19(27-30(22)20-12-10-18(25)11-13-20)15-26-23(28-31)29-34(32,33)21-4-2-1-3-5-21/h1-14,31H,15H2,(H2,26,28,29). The van der Waals surface area contributed by atoms with Crippen molar-refractivity contribution in [2.45, 2.75) is 11.4 Å². The molecule has 0 bridgehead atoms. The van der Waals surface area contributed by atoms with E-state index in [9.17, 15) is 13.6 Å². The van der Waals surface area contributed by atoms with Crippen LogP contribution in [0.3, 0.4) is 0 Å². The largest absolute Gasteiger partial charge is 0.288 e. The van der Waals surface area contributed by atoms with Crippen LogP contribution in [-0.2, 0) is 16.6 Å². The van der Waals surface area contributed by atoms with Gasteiger partial charge in [-0.05, 0) is 54.6 Å². The van der Waals surface area contributed by atoms with Gasteiger partial charge in [0.1, 0.15) is 0 Å². The third kappa shape index (κ3) is 5.57. The third-order valence-electron chi connectivity index (χ3n) is 4.76. The summed E-state index contributed by atoms with van der Waals surface area (Å²) in [6.45, 7) is -0.0125. The van der Waals surface area contributed by atoms with Gasteiger partial charge in [-0.3, -0.25) is 5.21 Å². The first-order valence-corrected chi connectivity index (χ1v) is 12.2. The van der Waals surface area contributed by atoms with Crippen molar-refractivity contribution in [3.63, 3.8) is 0 Å². The van der Waals surface area contributed by atoms with Crippen LogP contribution in [0.2, 0.25) is 10.0 Å². The zero-order valence-corrected chi connectivity index (χ0v) is 19.9. The summed E-state index contributed by atoms with van der Waals surface area (Å²) in [5, 5.41) is 15.2. The van der Waals surface area contributed by atoms with Crippen LogP contribution in [0.25, 0.3) is 16.9 Å². The summed E-state index contributed by atoms with van der Waals surface area (Å²) in [7, 11) is -3.93. The van der Waals surface area contributed by atoms with Crippen LogP contribution in [0.15, 0.2) is 94.8 Å². The number of hydrogen-bond donors (Lipinski definition) is 3. The summed E-state index contributed by atoms with van der Waals surface area (Å²) >= 11 is 12.1. The van der Waals surface area contributed by atoms with Gasteiger partial charge in [0.2, 0.25) is 5.96 Å². The molecule has 0 saturated heterocycles. The molecule has 3 aromatic carbocycles. The van der Waals surface area contributed by atoms with E-state index >= 15 is 0 Å². The fraction of sp³-hybridized carbons (Fsp3) is 0.0435. The van der Waals surface area contributed by atoms with E-state index in [-0.39, 0.29) is 17.4 Å². The molecule has 0 aliphatic carbocycles. The summed E-state index contributed by atoms with van der Waals surface area (Å²) in [5.74, 6) is -0.335. The summed E-state index contributed by atoms with van der Waals surface area (Å²) in [5.41, 5.74) is 4.74. The molecular formula is C23H19Cl2N5O3S. The Labute approximate surface area is 206 Å². The fourth-order valence-electron chi connectivity index (χ4n) is 3.15. The molecule has 0 spiro atoms. The smallest absolute Gasteiger partial charge is 0.264 e. The Bertz CT molecular complexity index is 1340. The van der Waals surface area contributed by atoms with Crippen LogP contribution in [0.5, 0.6) is 0 Å². The number of guanidine groups is 1. The number of hydroxylamine groups is 1. The van der Waals surface area contributed by atoms with Crippen molar-refractivity contribution in [2.24, 2.45) is 4.99 Å². The van der Waals surface area contributed by atoms with Crippen molar-refractivity contribution in [3.05, 3.63) is 101 Å². The molecule has 174 valence electrons. The summed E-state index contributed by atoms with van der Waals surface area (Å²) < 4.78 is 29.0. The van der Waals surface area contributed by atoms with E-state index in [2.05, 4.69) is 14.8 Å². The van der Waals surface area contributed by atoms with Crippen LogP contribution < -0.4 is 10.2 Å². The van der Waals surface area contributed by atoms with E-state index in [0.29, 0.717) is 15.7 Å². The Morgan fingerprint density at radius 3 is 2.18 bits per heavy atom. The van der Waals surface area contributed by atoms with Crippen LogP contribution in [-0.4, -0.2) is 29.4 Å². The second kappa shape index (κ2) is 10.3. The summed E-state index contributed by atoms with van der Waals surface area (Å²) in [4.78, 5) is 4.18. The van der Waals surface area contributed by atoms with Gasteiger partial charge in [-0.25, -0.2) is 28.3 Å². The zero-order valence-electron chi connectivity index (χ0n) is 17.6. The van der Waals surface area contributed by atoms with Crippen molar-refractivity contribution in [2.75, 3.05) is 0 Å². The Morgan fingerprint density at radius 2 is 1.56 bits per heavy atom. The van der Waals surface area contributed by atoms with Gasteiger partial charge < -0.3 is 0 Å². The molecule has 1 heterocycles. The van der Waals surface area contributed by atoms with Gasteiger partial charge in [0.15, 0.2) is 0 Å². The van der Waals surface area contributed by atoms with E-state index in [1.807, 2.05) is 30.3 Å². The normalized spacial score (nSPS) is 11.9. The predicted molar refractivity (Wildman–Crippen MR) is 132 cm³/mol. The molecule has 0 aliphatic heterocycles. The highest BCUT2D eigenvalue weighted by atomic mass is 35.5. The maximum atomic E-state index is 12.5. The molecule has 34 heavy (non-hydrogen) atoms. The third-order valence-corrected chi connectivity index (χ3v) is 6.62. The second-order valence-electron chi connectivity index (χ2n) is 7.11. The van der Waals surface area contributed by atoms with Crippen LogP contribution >= 0.6 is 23.2 Å². The lowest BCUT2D eigenvalue weighted by Crippen LogP contribution is -2.39. The van der Waals surface area contributed by atoms with Gasteiger partial charge in [0.05, 0.1) is 28.5 Å². The molecule has 0 radical (unpaired) electrons. The van der Waals surface area contributed by atoms with Crippen LogP contribution in [0.1, 0.15) is 5.69 Å². The lowest BCUT2D eigenvalue weighted by molar-refractivity contribution is 0.231. The van der Waals surface area contributed by atoms with Gasteiger partial charge >= 0.3 is 0 Å². The van der Waals surface area contributed by atoms with Gasteiger partial charge in [-0.1, -0.05) is 53.5 Å². The minimum Gasteiger partial charge on any atom is -0.288 e. The number of nitrogens with zero attached hydrogens (tertiary/aromatic N) is 3. The maximum absolute atomic E-state index is 12.5. The highest BCUT2D eigenvalue weighted by Crippen LogP contribution is 2.26. The molecule has 1 aromatic heterocycles. The van der Waals surface area contributed by atoms with E-state index in [1.54, 1.807) is 52.6 Å². The van der Waals surface area contributed by atoms with Gasteiger partial charge in [-0.15, -0.1) is 0 Å². The molecular weight excluding hydrogens is 497 g/mol. The van der Waals surface area contributed by atoms with Crippen LogP contribution in [0.4, 0.5) is 0 Å². The maximum Gasteiger partial charge on any atom is 0.264 e. The molecule has 4 aromatic rings. The van der Waals surface area contributed by atoms with Crippen LogP contribution in [0, 0.1) is 0 Å². The SMILES string of the molecule is O=S(=O)(NC(=NCc1cc(-c2ccc(Cl)cc2)n(-c2ccc(Cl)cc2)n1)NO)c1ccccc1. The van der Waals surface area contributed by atoms with Crippen molar-refractivity contribution >= 4 is 39.2 Å². The summed E-state index contributed by atoms with van der Waals surface area (Å²) in [6.07, 6.45) is 0. The molecule has 0 atom stereocenters. The predicted octanol–water partition coefficient (Wildman–Crippen LogP) is 4.66. The van der Waals surface area contributed by atoms with Gasteiger partial charge in [0.25, 0.3) is 10.0 Å². The molecule has 11 heteroatoms. The first-order valence-electron chi connectivity index (χ1n) is 9.99. The Morgan fingerprint density at radius 1 is 0.941 bits per heavy atom. The number of halogens is 2. The van der Waals surface area contributed by atoms with Crippen molar-refractivity contribution < 1.29 is 13.6 Å². The number of aliphatic imine (C=N–C) groups is 1. The fourth-order valence-corrected chi connectivity index (χ4v) is 4.40. The van der Waals surface area contributed by atoms with Crippen molar-refractivity contribution in [1.29, 1.82) is 0 Å². The monoisotopic (exact) mass is 515 g/mol. The topological polar surface area (TPSA) is 109 Å². The first kappa shape index (κ1) is 23.8. The molecule has 3 N–H and O–H groups in total. The highest BCUT2D eigenvalue weighted by molar-refractivity contribution is 7.90. The van der Waals surface area contributed by atoms with E-state index < -0.39 is 10.0 Å².